The van der Waals surface area contributed by atoms with Gasteiger partial charge < -0.3 is 0 Å². The molecule has 0 bridgehead atoms. The van der Waals surface area contributed by atoms with E-state index in [1.807, 2.05) is 0 Å². The predicted molar refractivity (Wildman–Crippen MR) is 129 cm³/mol. The zero-order valence-corrected chi connectivity index (χ0v) is 17.3. The third-order valence-corrected chi connectivity index (χ3v) is 6.30. The molecule has 0 spiro atoms. The first-order valence-electron chi connectivity index (χ1n) is 9.81. The Morgan fingerprint density at radius 3 is 1.90 bits per heavy atom. The van der Waals surface area contributed by atoms with Crippen LogP contribution in [0.2, 0.25) is 0 Å². The Bertz CT molecular complexity index is 1480. The second-order valence-corrected chi connectivity index (χ2v) is 8.48. The van der Waals surface area contributed by atoms with Crippen molar-refractivity contribution in [2.24, 2.45) is 0 Å². The third-order valence-electron chi connectivity index (χ3n) is 5.84. The minimum Gasteiger partial charge on any atom is -0.0622 e. The summed E-state index contributed by atoms with van der Waals surface area (Å²) in [5.41, 5.74) is 4.96. The molecule has 0 aliphatic heterocycles. The molecule has 0 amide bonds. The molecular weight excluding hydrogens is 416 g/mol. The number of halogens is 1. The van der Waals surface area contributed by atoms with Crippen LogP contribution < -0.4 is 0 Å². The van der Waals surface area contributed by atoms with Gasteiger partial charge in [-0.3, -0.25) is 0 Å². The van der Waals surface area contributed by atoms with E-state index in [4.69, 9.17) is 0 Å². The summed E-state index contributed by atoms with van der Waals surface area (Å²) in [5.74, 6) is 0. The molecule has 0 atom stereocenters. The Morgan fingerprint density at radius 2 is 1.10 bits per heavy atom. The second-order valence-electron chi connectivity index (χ2n) is 7.56. The van der Waals surface area contributed by atoms with E-state index in [1.165, 1.54) is 54.6 Å². The van der Waals surface area contributed by atoms with Crippen LogP contribution in [-0.2, 0) is 0 Å². The highest BCUT2D eigenvalue weighted by Crippen LogP contribution is 2.40. The Kier molecular flexibility index (Phi) is 3.72. The smallest absolute Gasteiger partial charge is 0.0187 e. The predicted octanol–water partition coefficient (Wildman–Crippen LogP) is 8.68. The molecule has 0 heterocycles. The molecule has 0 saturated carbocycles. The van der Waals surface area contributed by atoms with Gasteiger partial charge in [0.1, 0.15) is 0 Å². The van der Waals surface area contributed by atoms with Crippen LogP contribution in [0.5, 0.6) is 0 Å². The highest BCUT2D eigenvalue weighted by atomic mass is 79.9. The summed E-state index contributed by atoms with van der Waals surface area (Å²) >= 11 is 3.74. The van der Waals surface area contributed by atoms with Crippen LogP contribution in [0.25, 0.3) is 54.6 Å². The third kappa shape index (κ3) is 2.66. The maximum Gasteiger partial charge on any atom is 0.0187 e. The number of benzene rings is 6. The largest absolute Gasteiger partial charge is 0.0622 e. The van der Waals surface area contributed by atoms with E-state index >= 15 is 0 Å². The van der Waals surface area contributed by atoms with Crippen LogP contribution in [0.15, 0.2) is 108 Å². The fourth-order valence-electron chi connectivity index (χ4n) is 4.53. The zero-order chi connectivity index (χ0) is 19.4. The highest BCUT2D eigenvalue weighted by molar-refractivity contribution is 9.10. The molecule has 0 radical (unpaired) electrons. The van der Waals surface area contributed by atoms with Crippen molar-refractivity contribution in [3.63, 3.8) is 0 Å². The van der Waals surface area contributed by atoms with Gasteiger partial charge in [0.2, 0.25) is 0 Å². The lowest BCUT2D eigenvalue weighted by Crippen LogP contribution is -1.88. The van der Waals surface area contributed by atoms with E-state index in [9.17, 15) is 0 Å². The fraction of sp³-hybridized carbons (Fsp3) is 0. The SMILES string of the molecule is Brc1cc(-c2ccccc2)cc(-c2ccc3ccc4cccc5ccc2c3c45)c1. The lowest BCUT2D eigenvalue weighted by molar-refractivity contribution is 1.58. The normalized spacial score (nSPS) is 11.6. The molecule has 0 N–H and O–H groups in total. The molecule has 6 rings (SSSR count). The van der Waals surface area contributed by atoms with Gasteiger partial charge in [0, 0.05) is 4.47 Å². The molecule has 6 aromatic carbocycles. The van der Waals surface area contributed by atoms with E-state index in [0.29, 0.717) is 0 Å². The Balaban J connectivity index is 1.67. The maximum absolute atomic E-state index is 3.74. The van der Waals surface area contributed by atoms with Crippen molar-refractivity contribution in [3.8, 4) is 22.3 Å². The minimum absolute atomic E-state index is 1.10. The molecular formula is C28H17Br. The van der Waals surface area contributed by atoms with Crippen LogP contribution >= 0.6 is 15.9 Å². The molecule has 0 fully saturated rings. The molecule has 0 saturated heterocycles. The van der Waals surface area contributed by atoms with Gasteiger partial charge in [0.25, 0.3) is 0 Å². The molecule has 1 heteroatoms. The topological polar surface area (TPSA) is 0 Å². The Morgan fingerprint density at radius 1 is 0.448 bits per heavy atom. The Hall–Kier alpha value is -3.16. The van der Waals surface area contributed by atoms with Gasteiger partial charge in [-0.1, -0.05) is 101 Å². The summed E-state index contributed by atoms with van der Waals surface area (Å²) < 4.78 is 1.10. The number of hydrogen-bond donors (Lipinski definition) is 0. The van der Waals surface area contributed by atoms with Crippen molar-refractivity contribution in [1.29, 1.82) is 0 Å². The lowest BCUT2D eigenvalue weighted by Gasteiger charge is -2.15. The van der Waals surface area contributed by atoms with Crippen molar-refractivity contribution in [3.05, 3.63) is 108 Å². The van der Waals surface area contributed by atoms with Gasteiger partial charge in [0.05, 0.1) is 0 Å². The first-order valence-corrected chi connectivity index (χ1v) is 10.6. The lowest BCUT2D eigenvalue weighted by atomic mass is 9.89. The first kappa shape index (κ1) is 16.8. The van der Waals surface area contributed by atoms with Crippen molar-refractivity contribution in [2.45, 2.75) is 0 Å². The van der Waals surface area contributed by atoms with Crippen LogP contribution in [0.4, 0.5) is 0 Å². The van der Waals surface area contributed by atoms with Crippen LogP contribution in [0.1, 0.15) is 0 Å². The van der Waals surface area contributed by atoms with Gasteiger partial charge in [-0.25, -0.2) is 0 Å². The van der Waals surface area contributed by atoms with Gasteiger partial charge >= 0.3 is 0 Å². The van der Waals surface area contributed by atoms with Crippen molar-refractivity contribution >= 4 is 48.2 Å². The molecule has 0 nitrogen and oxygen atoms in total. The molecule has 6 aromatic rings. The molecule has 0 aliphatic carbocycles. The van der Waals surface area contributed by atoms with Crippen molar-refractivity contribution in [2.75, 3.05) is 0 Å². The average molecular weight is 433 g/mol. The summed E-state index contributed by atoms with van der Waals surface area (Å²) in [7, 11) is 0. The van der Waals surface area contributed by atoms with Crippen LogP contribution in [0, 0.1) is 0 Å². The molecule has 0 aliphatic rings. The van der Waals surface area contributed by atoms with Crippen molar-refractivity contribution in [1.82, 2.24) is 0 Å². The molecule has 29 heavy (non-hydrogen) atoms. The number of hydrogen-bond acceptors (Lipinski definition) is 0. The van der Waals surface area contributed by atoms with E-state index in [2.05, 4.69) is 119 Å². The maximum atomic E-state index is 3.74. The fourth-order valence-corrected chi connectivity index (χ4v) is 5.02. The summed E-state index contributed by atoms with van der Waals surface area (Å²) in [4.78, 5) is 0. The monoisotopic (exact) mass is 432 g/mol. The van der Waals surface area contributed by atoms with Gasteiger partial charge in [-0.15, -0.1) is 0 Å². The van der Waals surface area contributed by atoms with Gasteiger partial charge in [-0.2, -0.15) is 0 Å². The summed E-state index contributed by atoms with van der Waals surface area (Å²) in [6.45, 7) is 0. The van der Waals surface area contributed by atoms with E-state index in [-0.39, 0.29) is 0 Å². The van der Waals surface area contributed by atoms with Gasteiger partial charge in [-0.05, 0) is 72.8 Å². The van der Waals surface area contributed by atoms with Crippen molar-refractivity contribution < 1.29 is 0 Å². The quantitative estimate of drug-likeness (QED) is 0.240. The van der Waals surface area contributed by atoms with E-state index in [1.54, 1.807) is 0 Å². The second kappa shape index (κ2) is 6.43. The standard InChI is InChI=1S/C28H17Br/c29-24-16-22(18-5-2-1-3-6-18)15-23(17-24)25-13-11-21-10-9-19-7-4-8-20-12-14-26(25)28(21)27(19)20/h1-17H. The first-order chi connectivity index (χ1) is 14.3. The molecule has 0 unspecified atom stereocenters. The summed E-state index contributed by atoms with van der Waals surface area (Å²) in [5, 5.41) is 7.94. The molecule has 0 aromatic heterocycles. The van der Waals surface area contributed by atoms with E-state index < -0.39 is 0 Å². The Labute approximate surface area is 177 Å². The summed E-state index contributed by atoms with van der Waals surface area (Å²) in [6, 6.07) is 37.4. The van der Waals surface area contributed by atoms with Gasteiger partial charge in [0.15, 0.2) is 0 Å². The van der Waals surface area contributed by atoms with Crippen LogP contribution in [0.3, 0.4) is 0 Å². The summed E-state index contributed by atoms with van der Waals surface area (Å²) in [6.07, 6.45) is 0. The zero-order valence-electron chi connectivity index (χ0n) is 15.7. The number of rotatable bonds is 2. The average Bonchev–Trinajstić information content (AvgIpc) is 2.77. The minimum atomic E-state index is 1.10. The molecule has 136 valence electrons. The highest BCUT2D eigenvalue weighted by Gasteiger charge is 2.13. The van der Waals surface area contributed by atoms with E-state index in [0.717, 1.165) is 4.47 Å². The van der Waals surface area contributed by atoms with Crippen LogP contribution in [-0.4, -0.2) is 0 Å².